The fraction of sp³-hybridized carbons (Fsp3) is 0.923. The Morgan fingerprint density at radius 2 is 1.38 bits per heavy atom. The molecule has 0 saturated carbocycles. The number of piperidine rings is 1. The minimum Gasteiger partial charge on any atom is -1.00 e. The van der Waals surface area contributed by atoms with Crippen LogP contribution in [0.5, 0.6) is 0 Å². The van der Waals surface area contributed by atoms with E-state index in [1.807, 2.05) is 0 Å². The van der Waals surface area contributed by atoms with Crippen LogP contribution in [0, 0.1) is 11.8 Å². The molecule has 0 atom stereocenters. The number of hydrogen-bond acceptors (Lipinski definition) is 1. The first-order valence-electron chi connectivity index (χ1n) is 6.30. The number of carbonyl (C=O) groups excluding carboxylic acids is 1. The smallest absolute Gasteiger partial charge is 0.144 e. The Morgan fingerprint density at radius 1 is 1.00 bits per heavy atom. The number of nitrogens with zero attached hydrogens (tertiary/aromatic N) is 1. The summed E-state index contributed by atoms with van der Waals surface area (Å²) in [4.78, 5) is 11.3. The van der Waals surface area contributed by atoms with Crippen LogP contribution < -0.4 is 17.0 Å². The highest BCUT2D eigenvalue weighted by Crippen LogP contribution is 2.21. The lowest BCUT2D eigenvalue weighted by atomic mass is 10.0. The Morgan fingerprint density at radius 3 is 1.69 bits per heavy atom. The topological polar surface area (TPSA) is 17.1 Å². The van der Waals surface area contributed by atoms with E-state index in [-0.39, 0.29) is 17.0 Å². The van der Waals surface area contributed by atoms with Crippen molar-refractivity contribution in [3.63, 3.8) is 0 Å². The summed E-state index contributed by atoms with van der Waals surface area (Å²) in [5, 5.41) is 0. The Kier molecular flexibility index (Phi) is 6.80. The molecule has 0 bridgehead atoms. The van der Waals surface area contributed by atoms with Crippen molar-refractivity contribution in [3.8, 4) is 0 Å². The molecule has 1 rings (SSSR count). The van der Waals surface area contributed by atoms with Gasteiger partial charge in [-0.15, -0.1) is 0 Å². The van der Waals surface area contributed by atoms with Gasteiger partial charge in [-0.1, -0.05) is 27.7 Å². The lowest BCUT2D eigenvalue weighted by molar-refractivity contribution is -0.934. The van der Waals surface area contributed by atoms with Crippen LogP contribution in [0.4, 0.5) is 0 Å². The molecule has 0 unspecified atom stereocenters. The quantitative estimate of drug-likeness (QED) is 0.638. The van der Waals surface area contributed by atoms with Crippen molar-refractivity contribution in [1.82, 2.24) is 0 Å². The van der Waals surface area contributed by atoms with Gasteiger partial charge in [0, 0.05) is 11.8 Å². The summed E-state index contributed by atoms with van der Waals surface area (Å²) in [7, 11) is 0. The first kappa shape index (κ1) is 16.1. The molecule has 0 spiro atoms. The third-order valence-corrected chi connectivity index (χ3v) is 3.23. The molecule has 1 saturated heterocycles. The van der Waals surface area contributed by atoms with Crippen molar-refractivity contribution < 1.29 is 26.3 Å². The first-order chi connectivity index (χ1) is 6.93. The van der Waals surface area contributed by atoms with E-state index in [0.717, 1.165) is 37.8 Å². The van der Waals surface area contributed by atoms with Gasteiger partial charge in [0.15, 0.2) is 0 Å². The first-order valence-corrected chi connectivity index (χ1v) is 6.30. The highest BCUT2D eigenvalue weighted by Gasteiger charge is 2.34. The highest BCUT2D eigenvalue weighted by atomic mass is 79.9. The summed E-state index contributed by atoms with van der Waals surface area (Å²) in [6.07, 6.45) is 1.61. The molecule has 1 aliphatic heterocycles. The van der Waals surface area contributed by atoms with Gasteiger partial charge >= 0.3 is 0 Å². The van der Waals surface area contributed by atoms with Crippen LogP contribution in [0.3, 0.4) is 0 Å². The lowest BCUT2D eigenvalue weighted by Gasteiger charge is -2.43. The maximum absolute atomic E-state index is 11.3. The molecule has 0 N–H and O–H groups in total. The second kappa shape index (κ2) is 6.75. The summed E-state index contributed by atoms with van der Waals surface area (Å²) < 4.78 is 1.18. The molecular formula is C13H26BrNO. The van der Waals surface area contributed by atoms with Gasteiger partial charge in [0.05, 0.1) is 39.0 Å². The Hall–Kier alpha value is 0.110. The number of hydrogen-bond donors (Lipinski definition) is 0. The molecule has 2 nitrogen and oxygen atoms in total. The van der Waals surface area contributed by atoms with Gasteiger partial charge in [-0.3, -0.25) is 4.79 Å². The number of quaternary nitrogens is 1. The molecule has 0 amide bonds. The average Bonchev–Trinajstić information content (AvgIpc) is 2.08. The van der Waals surface area contributed by atoms with E-state index in [4.69, 9.17) is 0 Å². The monoisotopic (exact) mass is 291 g/mol. The maximum atomic E-state index is 11.3. The molecule has 96 valence electrons. The van der Waals surface area contributed by atoms with Gasteiger partial charge in [0.2, 0.25) is 0 Å². The van der Waals surface area contributed by atoms with E-state index in [2.05, 4.69) is 27.7 Å². The van der Waals surface area contributed by atoms with Gasteiger partial charge in [-0.05, 0) is 0 Å². The van der Waals surface area contributed by atoms with Crippen LogP contribution >= 0.6 is 0 Å². The van der Waals surface area contributed by atoms with E-state index in [0.29, 0.717) is 5.78 Å². The fourth-order valence-electron chi connectivity index (χ4n) is 2.95. The van der Waals surface area contributed by atoms with Gasteiger partial charge in [-0.25, -0.2) is 0 Å². The SMILES string of the molecule is CC(C)C[N+]1(CC(C)C)CCC(=O)CC1.[Br-]. The predicted octanol–water partition coefficient (Wildman–Crippen LogP) is -0.518. The van der Waals surface area contributed by atoms with Gasteiger partial charge in [0.25, 0.3) is 0 Å². The molecule has 1 fully saturated rings. The number of likely N-dealkylation sites (tertiary alicyclic amines) is 1. The van der Waals surface area contributed by atoms with Crippen molar-refractivity contribution in [2.24, 2.45) is 11.8 Å². The van der Waals surface area contributed by atoms with Crippen LogP contribution in [0.2, 0.25) is 0 Å². The van der Waals surface area contributed by atoms with E-state index in [1.165, 1.54) is 17.6 Å². The molecule has 1 aliphatic rings. The second-order valence-electron chi connectivity index (χ2n) is 5.98. The van der Waals surface area contributed by atoms with Crippen LogP contribution in [0.1, 0.15) is 40.5 Å². The molecule has 0 aromatic carbocycles. The van der Waals surface area contributed by atoms with Crippen molar-refractivity contribution in [1.29, 1.82) is 0 Å². The Bertz CT molecular complexity index is 204. The highest BCUT2D eigenvalue weighted by molar-refractivity contribution is 5.78. The van der Waals surface area contributed by atoms with Crippen LogP contribution in [0.15, 0.2) is 0 Å². The zero-order chi connectivity index (χ0) is 11.5. The van der Waals surface area contributed by atoms with E-state index in [9.17, 15) is 4.79 Å². The van der Waals surface area contributed by atoms with E-state index in [1.54, 1.807) is 0 Å². The molecule has 0 aromatic heterocycles. The zero-order valence-electron chi connectivity index (χ0n) is 11.1. The van der Waals surface area contributed by atoms with Crippen molar-refractivity contribution in [2.75, 3.05) is 26.2 Å². The van der Waals surface area contributed by atoms with Crippen molar-refractivity contribution in [2.45, 2.75) is 40.5 Å². The largest absolute Gasteiger partial charge is 1.00 e. The van der Waals surface area contributed by atoms with Crippen LogP contribution in [0.25, 0.3) is 0 Å². The third kappa shape index (κ3) is 4.96. The number of rotatable bonds is 4. The fourth-order valence-corrected chi connectivity index (χ4v) is 2.95. The molecule has 0 aromatic rings. The molecule has 3 heteroatoms. The standard InChI is InChI=1S/C13H26NO.BrH/c1-11(2)9-14(10-12(3)4)7-5-13(15)6-8-14;/h11-12H,5-10H2,1-4H3;1H/q+1;/p-1. The van der Waals surface area contributed by atoms with Gasteiger partial charge < -0.3 is 21.5 Å². The number of halogens is 1. The summed E-state index contributed by atoms with van der Waals surface area (Å²) >= 11 is 0. The molecule has 0 radical (unpaired) electrons. The minimum absolute atomic E-state index is 0. The Balaban J connectivity index is 0.00000225. The molecular weight excluding hydrogens is 266 g/mol. The summed E-state index contributed by atoms with van der Waals surface area (Å²) in [6.45, 7) is 13.8. The Labute approximate surface area is 111 Å². The molecule has 0 aliphatic carbocycles. The van der Waals surface area contributed by atoms with E-state index < -0.39 is 0 Å². The number of ketones is 1. The molecule has 16 heavy (non-hydrogen) atoms. The summed E-state index contributed by atoms with van der Waals surface area (Å²) in [5.41, 5.74) is 0. The van der Waals surface area contributed by atoms with Crippen LogP contribution in [-0.4, -0.2) is 36.4 Å². The van der Waals surface area contributed by atoms with Crippen molar-refractivity contribution >= 4 is 5.78 Å². The molecule has 1 heterocycles. The summed E-state index contributed by atoms with van der Waals surface area (Å²) in [5.74, 6) is 1.94. The lowest BCUT2D eigenvalue weighted by Crippen LogP contribution is -3.00. The second-order valence-corrected chi connectivity index (χ2v) is 5.98. The van der Waals surface area contributed by atoms with E-state index >= 15 is 0 Å². The maximum Gasteiger partial charge on any atom is 0.144 e. The van der Waals surface area contributed by atoms with Crippen molar-refractivity contribution in [3.05, 3.63) is 0 Å². The minimum atomic E-state index is 0. The van der Waals surface area contributed by atoms with Gasteiger partial charge in [0.1, 0.15) is 5.78 Å². The third-order valence-electron chi connectivity index (χ3n) is 3.23. The predicted molar refractivity (Wildman–Crippen MR) is 63.6 cm³/mol. The zero-order valence-corrected chi connectivity index (χ0v) is 12.7. The summed E-state index contributed by atoms with van der Waals surface area (Å²) in [6, 6.07) is 0. The average molecular weight is 292 g/mol. The van der Waals surface area contributed by atoms with Gasteiger partial charge in [-0.2, -0.15) is 0 Å². The number of Topliss-reactive ketones (excluding diaryl/α,β-unsaturated/α-hetero) is 1. The van der Waals surface area contributed by atoms with Crippen LogP contribution in [-0.2, 0) is 4.79 Å². The normalized spacial score (nSPS) is 20.0. The number of carbonyl (C=O) groups is 1.